The van der Waals surface area contributed by atoms with Crippen LogP contribution in [0.4, 0.5) is 0 Å². The molecule has 3 fully saturated rings. The first kappa shape index (κ1) is 15.7. The van der Waals surface area contributed by atoms with Gasteiger partial charge in [-0.1, -0.05) is 12.8 Å². The number of hydrogen-bond acceptors (Lipinski definition) is 4. The van der Waals surface area contributed by atoms with Crippen LogP contribution in [0, 0.1) is 0 Å². The fourth-order valence-corrected chi connectivity index (χ4v) is 4.84. The second kappa shape index (κ2) is 6.91. The summed E-state index contributed by atoms with van der Waals surface area (Å²) in [6.07, 6.45) is 8.92. The molecule has 0 amide bonds. The molecule has 1 atom stereocenters. The Morgan fingerprint density at radius 3 is 2.33 bits per heavy atom. The second-order valence-electron chi connectivity index (χ2n) is 6.59. The van der Waals surface area contributed by atoms with Gasteiger partial charge in [0.15, 0.2) is 0 Å². The Balaban J connectivity index is 1.59. The van der Waals surface area contributed by atoms with Gasteiger partial charge in [0, 0.05) is 38.3 Å². The Morgan fingerprint density at radius 2 is 1.62 bits per heavy atom. The molecule has 0 spiro atoms. The smallest absolute Gasteiger partial charge is 0.292 e. The van der Waals surface area contributed by atoms with Crippen molar-refractivity contribution in [1.82, 2.24) is 19.5 Å². The van der Waals surface area contributed by atoms with Gasteiger partial charge in [0.1, 0.15) is 0 Å². The van der Waals surface area contributed by atoms with E-state index in [1.165, 1.54) is 19.3 Å². The van der Waals surface area contributed by atoms with E-state index in [0.717, 1.165) is 51.7 Å². The van der Waals surface area contributed by atoms with Crippen LogP contribution in [-0.4, -0.2) is 56.0 Å². The molecular formula is C14H28N4O2S. The Labute approximate surface area is 128 Å². The first-order valence-electron chi connectivity index (χ1n) is 8.43. The van der Waals surface area contributed by atoms with E-state index in [4.69, 9.17) is 0 Å². The average molecular weight is 316 g/mol. The molecule has 1 unspecified atom stereocenters. The normalized spacial score (nSPS) is 29.6. The van der Waals surface area contributed by atoms with Crippen LogP contribution in [-0.2, 0) is 10.2 Å². The molecule has 2 saturated heterocycles. The predicted molar refractivity (Wildman–Crippen MR) is 82.8 cm³/mol. The topological polar surface area (TPSA) is 64.7 Å². The summed E-state index contributed by atoms with van der Waals surface area (Å²) in [6, 6.07) is 0.744. The second-order valence-corrected chi connectivity index (χ2v) is 8.19. The summed E-state index contributed by atoms with van der Waals surface area (Å²) >= 11 is 0. The number of hydrazine groups is 1. The Bertz CT molecular complexity index is 432. The number of nitrogens with one attached hydrogen (secondary N) is 2. The van der Waals surface area contributed by atoms with E-state index in [1.54, 1.807) is 4.31 Å². The van der Waals surface area contributed by atoms with Crippen molar-refractivity contribution in [2.45, 2.75) is 63.5 Å². The summed E-state index contributed by atoms with van der Waals surface area (Å²) in [5.74, 6) is 0. The van der Waals surface area contributed by atoms with Crippen molar-refractivity contribution in [3.63, 3.8) is 0 Å². The molecule has 0 aromatic heterocycles. The molecule has 3 rings (SSSR count). The van der Waals surface area contributed by atoms with Crippen molar-refractivity contribution in [1.29, 1.82) is 0 Å². The molecule has 1 aliphatic carbocycles. The van der Waals surface area contributed by atoms with E-state index in [0.29, 0.717) is 12.6 Å². The molecule has 2 N–H and O–H groups in total. The lowest BCUT2D eigenvalue weighted by molar-refractivity contribution is 0.180. The van der Waals surface area contributed by atoms with Crippen molar-refractivity contribution in [3.8, 4) is 0 Å². The Morgan fingerprint density at radius 1 is 0.905 bits per heavy atom. The van der Waals surface area contributed by atoms with Gasteiger partial charge in [0.25, 0.3) is 10.2 Å². The zero-order valence-corrected chi connectivity index (χ0v) is 13.6. The molecule has 6 nitrogen and oxygen atoms in total. The molecule has 0 aromatic rings. The van der Waals surface area contributed by atoms with Crippen LogP contribution < -0.4 is 10.1 Å². The van der Waals surface area contributed by atoms with E-state index in [1.807, 2.05) is 5.01 Å². The number of nitrogens with zero attached hydrogens (tertiary/aromatic N) is 2. The standard InChI is InChI=1S/C14H28N4O2S/c19-21(20,16-17-9-3-1-4-10-17)18-11-5-2-6-14(18)12-15-13-7-8-13/h13-16H,1-12H2. The highest BCUT2D eigenvalue weighted by Gasteiger charge is 2.34. The Hall–Kier alpha value is -0.210. The fraction of sp³-hybridized carbons (Fsp3) is 1.00. The molecule has 0 aromatic carbocycles. The van der Waals surface area contributed by atoms with Gasteiger partial charge in [-0.2, -0.15) is 12.7 Å². The maximum absolute atomic E-state index is 12.7. The van der Waals surface area contributed by atoms with Gasteiger partial charge >= 0.3 is 0 Å². The molecule has 2 heterocycles. The van der Waals surface area contributed by atoms with Gasteiger partial charge in [-0.25, -0.2) is 5.01 Å². The number of piperidine rings is 2. The van der Waals surface area contributed by atoms with Crippen molar-refractivity contribution in [2.24, 2.45) is 0 Å². The van der Waals surface area contributed by atoms with Crippen LogP contribution in [0.25, 0.3) is 0 Å². The lowest BCUT2D eigenvalue weighted by Crippen LogP contribution is -2.56. The number of rotatable bonds is 6. The fourth-order valence-electron chi connectivity index (χ4n) is 3.29. The first-order chi connectivity index (χ1) is 10.1. The highest BCUT2D eigenvalue weighted by Crippen LogP contribution is 2.23. The first-order valence-corrected chi connectivity index (χ1v) is 9.87. The van der Waals surface area contributed by atoms with Gasteiger partial charge < -0.3 is 5.32 Å². The molecule has 2 aliphatic heterocycles. The van der Waals surface area contributed by atoms with Crippen LogP contribution in [0.3, 0.4) is 0 Å². The van der Waals surface area contributed by atoms with Crippen molar-refractivity contribution in [3.05, 3.63) is 0 Å². The lowest BCUT2D eigenvalue weighted by atomic mass is 10.1. The zero-order valence-electron chi connectivity index (χ0n) is 12.8. The molecule has 21 heavy (non-hydrogen) atoms. The minimum Gasteiger partial charge on any atom is -0.312 e. The molecular weight excluding hydrogens is 288 g/mol. The lowest BCUT2D eigenvalue weighted by Gasteiger charge is -2.37. The maximum Gasteiger partial charge on any atom is 0.292 e. The SMILES string of the molecule is O=S(=O)(NN1CCCCC1)N1CCCCC1CNC1CC1. The van der Waals surface area contributed by atoms with Crippen LogP contribution in [0.5, 0.6) is 0 Å². The number of hydrogen-bond donors (Lipinski definition) is 2. The van der Waals surface area contributed by atoms with E-state index in [2.05, 4.69) is 10.1 Å². The maximum atomic E-state index is 12.7. The van der Waals surface area contributed by atoms with Gasteiger partial charge in [-0.05, 0) is 38.5 Å². The van der Waals surface area contributed by atoms with E-state index in [-0.39, 0.29) is 6.04 Å². The van der Waals surface area contributed by atoms with Gasteiger partial charge in [0.05, 0.1) is 0 Å². The van der Waals surface area contributed by atoms with E-state index in [9.17, 15) is 8.42 Å². The molecule has 122 valence electrons. The van der Waals surface area contributed by atoms with Crippen LogP contribution >= 0.6 is 0 Å². The molecule has 7 heteroatoms. The summed E-state index contributed by atoms with van der Waals surface area (Å²) < 4.78 is 27.0. The van der Waals surface area contributed by atoms with Gasteiger partial charge in [-0.15, -0.1) is 4.83 Å². The monoisotopic (exact) mass is 316 g/mol. The van der Waals surface area contributed by atoms with Crippen molar-refractivity contribution >= 4 is 10.2 Å². The van der Waals surface area contributed by atoms with Crippen molar-refractivity contribution < 1.29 is 8.42 Å². The third-order valence-corrected chi connectivity index (χ3v) is 6.29. The molecule has 0 radical (unpaired) electrons. The Kier molecular flexibility index (Phi) is 5.16. The summed E-state index contributed by atoms with van der Waals surface area (Å²) in [4.78, 5) is 2.80. The van der Waals surface area contributed by atoms with Crippen LogP contribution in [0.1, 0.15) is 51.4 Å². The molecule has 0 bridgehead atoms. The van der Waals surface area contributed by atoms with Gasteiger partial charge in [-0.3, -0.25) is 0 Å². The van der Waals surface area contributed by atoms with E-state index >= 15 is 0 Å². The van der Waals surface area contributed by atoms with Gasteiger partial charge in [0.2, 0.25) is 0 Å². The van der Waals surface area contributed by atoms with Crippen LogP contribution in [0.2, 0.25) is 0 Å². The third kappa shape index (κ3) is 4.39. The predicted octanol–water partition coefficient (Wildman–Crippen LogP) is 0.828. The quantitative estimate of drug-likeness (QED) is 0.762. The zero-order chi connectivity index (χ0) is 14.7. The summed E-state index contributed by atoms with van der Waals surface area (Å²) in [5.41, 5.74) is 0. The molecule has 1 saturated carbocycles. The largest absolute Gasteiger partial charge is 0.312 e. The minimum absolute atomic E-state index is 0.113. The van der Waals surface area contributed by atoms with Crippen molar-refractivity contribution in [2.75, 3.05) is 26.2 Å². The highest BCUT2D eigenvalue weighted by molar-refractivity contribution is 7.87. The average Bonchev–Trinajstić information content (AvgIpc) is 3.30. The summed E-state index contributed by atoms with van der Waals surface area (Å²) in [7, 11) is -3.39. The third-order valence-electron chi connectivity index (χ3n) is 4.70. The van der Waals surface area contributed by atoms with Crippen LogP contribution in [0.15, 0.2) is 0 Å². The molecule has 3 aliphatic rings. The van der Waals surface area contributed by atoms with E-state index < -0.39 is 10.2 Å². The summed E-state index contributed by atoms with van der Waals surface area (Å²) in [5, 5.41) is 5.36. The summed E-state index contributed by atoms with van der Waals surface area (Å²) in [6.45, 7) is 3.11. The minimum atomic E-state index is -3.39. The highest BCUT2D eigenvalue weighted by atomic mass is 32.2.